The van der Waals surface area contributed by atoms with Crippen molar-refractivity contribution in [2.45, 2.75) is 9.79 Å². The van der Waals surface area contributed by atoms with Gasteiger partial charge in [-0.25, -0.2) is 0 Å². The Labute approximate surface area is 252 Å². The molecule has 2 heteroatoms. The summed E-state index contributed by atoms with van der Waals surface area (Å²) in [5.74, 6) is 0. The van der Waals surface area contributed by atoms with Gasteiger partial charge in [0, 0.05) is 35.3 Å². The molecule has 0 radical (unpaired) electrons. The second-order valence-electron chi connectivity index (χ2n) is 10.9. The first-order valence-corrected chi connectivity index (χ1v) is 15.9. The molecule has 1 aliphatic rings. The SMILES string of the molecule is c1cc(-c2ccc(-c3cccc4sc5ccccc5c34)cc2)cc(-c2ccc3c(c2)-c2cccc4cccc(c24)S3)c1. The molecule has 196 valence electrons. The van der Waals surface area contributed by atoms with E-state index < -0.39 is 0 Å². The molecule has 0 saturated carbocycles. The van der Waals surface area contributed by atoms with Crippen molar-refractivity contribution in [1.29, 1.82) is 0 Å². The third-order valence-corrected chi connectivity index (χ3v) is 10.8. The summed E-state index contributed by atoms with van der Waals surface area (Å²) < 4.78 is 2.68. The Balaban J connectivity index is 1.09. The number of hydrogen-bond acceptors (Lipinski definition) is 2. The number of fused-ring (bicyclic) bond motifs is 5. The standard InChI is InChI=1S/C40H24S2/c1-2-14-35-33(11-1)40-31(12-6-16-38(40)41-35)26-19-17-25(18-20-26)28-9-3-10-29(23-28)30-21-22-36-34(24-30)32-13-4-7-27-8-5-15-37(42-36)39(27)32/h1-24H. The quantitative estimate of drug-likeness (QED) is 0.204. The molecule has 1 aliphatic heterocycles. The monoisotopic (exact) mass is 568 g/mol. The fourth-order valence-electron chi connectivity index (χ4n) is 6.48. The third-order valence-electron chi connectivity index (χ3n) is 8.48. The van der Waals surface area contributed by atoms with Crippen molar-refractivity contribution in [1.82, 2.24) is 0 Å². The minimum Gasteiger partial charge on any atom is -0.135 e. The van der Waals surface area contributed by atoms with Crippen molar-refractivity contribution < 1.29 is 0 Å². The fourth-order valence-corrected chi connectivity index (χ4v) is 8.74. The molecule has 0 bridgehead atoms. The van der Waals surface area contributed by atoms with E-state index in [0.29, 0.717) is 0 Å². The van der Waals surface area contributed by atoms with Crippen LogP contribution in [0.3, 0.4) is 0 Å². The molecule has 0 atom stereocenters. The van der Waals surface area contributed by atoms with Crippen LogP contribution < -0.4 is 0 Å². The van der Waals surface area contributed by atoms with Crippen LogP contribution in [0.4, 0.5) is 0 Å². The molecule has 0 nitrogen and oxygen atoms in total. The van der Waals surface area contributed by atoms with E-state index in [-0.39, 0.29) is 0 Å². The topological polar surface area (TPSA) is 0 Å². The van der Waals surface area contributed by atoms with E-state index in [2.05, 4.69) is 146 Å². The van der Waals surface area contributed by atoms with E-state index in [4.69, 9.17) is 0 Å². The Morgan fingerprint density at radius 2 is 1.02 bits per heavy atom. The van der Waals surface area contributed by atoms with Gasteiger partial charge in [-0.2, -0.15) is 0 Å². The highest BCUT2D eigenvalue weighted by molar-refractivity contribution is 7.99. The molecule has 9 rings (SSSR count). The second kappa shape index (κ2) is 9.46. The second-order valence-corrected chi connectivity index (χ2v) is 13.1. The van der Waals surface area contributed by atoms with E-state index in [9.17, 15) is 0 Å². The molecule has 0 spiro atoms. The molecular formula is C40H24S2. The smallest absolute Gasteiger partial charge is 0.0361 e. The Bertz CT molecular complexity index is 2320. The van der Waals surface area contributed by atoms with Gasteiger partial charge in [-0.15, -0.1) is 11.3 Å². The van der Waals surface area contributed by atoms with Gasteiger partial charge in [0.05, 0.1) is 0 Å². The van der Waals surface area contributed by atoms with E-state index in [0.717, 1.165) is 0 Å². The fraction of sp³-hybridized carbons (Fsp3) is 0. The minimum atomic E-state index is 1.23. The van der Waals surface area contributed by atoms with Crippen LogP contribution in [0.15, 0.2) is 155 Å². The Kier molecular flexibility index (Phi) is 5.41. The number of hydrogen-bond donors (Lipinski definition) is 0. The highest BCUT2D eigenvalue weighted by Crippen LogP contribution is 2.49. The van der Waals surface area contributed by atoms with E-state index in [1.165, 1.54) is 85.2 Å². The molecule has 0 fully saturated rings. The molecule has 7 aromatic carbocycles. The van der Waals surface area contributed by atoms with Gasteiger partial charge in [-0.3, -0.25) is 0 Å². The molecular weight excluding hydrogens is 545 g/mol. The molecule has 2 heterocycles. The van der Waals surface area contributed by atoms with Gasteiger partial charge in [-0.05, 0) is 86.3 Å². The minimum absolute atomic E-state index is 1.23. The normalized spacial score (nSPS) is 12.2. The van der Waals surface area contributed by atoms with Crippen LogP contribution in [0.1, 0.15) is 0 Å². The van der Waals surface area contributed by atoms with Crippen molar-refractivity contribution in [2.75, 3.05) is 0 Å². The maximum absolute atomic E-state index is 2.38. The molecule has 1 aromatic heterocycles. The Morgan fingerprint density at radius 1 is 0.357 bits per heavy atom. The van der Waals surface area contributed by atoms with Gasteiger partial charge >= 0.3 is 0 Å². The Hall–Kier alpha value is -4.63. The lowest BCUT2D eigenvalue weighted by Crippen LogP contribution is -1.93. The number of rotatable bonds is 3. The summed E-state index contributed by atoms with van der Waals surface area (Å²) in [5.41, 5.74) is 10.2. The lowest BCUT2D eigenvalue weighted by Gasteiger charge is -2.21. The summed E-state index contributed by atoms with van der Waals surface area (Å²) in [6.07, 6.45) is 0. The van der Waals surface area contributed by atoms with Gasteiger partial charge in [0.1, 0.15) is 0 Å². The largest absolute Gasteiger partial charge is 0.135 e. The number of thiophene rings is 1. The molecule has 0 N–H and O–H groups in total. The van der Waals surface area contributed by atoms with E-state index >= 15 is 0 Å². The van der Waals surface area contributed by atoms with Crippen LogP contribution in [0.2, 0.25) is 0 Å². The molecule has 0 saturated heterocycles. The van der Waals surface area contributed by atoms with Crippen LogP contribution in [-0.2, 0) is 0 Å². The molecule has 0 amide bonds. The first kappa shape index (κ1) is 24.0. The zero-order chi connectivity index (χ0) is 27.6. The van der Waals surface area contributed by atoms with Crippen molar-refractivity contribution in [3.8, 4) is 44.5 Å². The van der Waals surface area contributed by atoms with Crippen LogP contribution in [0.25, 0.3) is 75.5 Å². The summed E-state index contributed by atoms with van der Waals surface area (Å²) in [5, 5.41) is 5.38. The first-order chi connectivity index (χ1) is 20.8. The van der Waals surface area contributed by atoms with E-state index in [1.807, 2.05) is 23.1 Å². The predicted molar refractivity (Wildman–Crippen MR) is 183 cm³/mol. The summed E-state index contributed by atoms with van der Waals surface area (Å²) in [7, 11) is 0. The average molecular weight is 569 g/mol. The van der Waals surface area contributed by atoms with Crippen LogP contribution in [-0.4, -0.2) is 0 Å². The van der Waals surface area contributed by atoms with Gasteiger partial charge in [0.2, 0.25) is 0 Å². The van der Waals surface area contributed by atoms with Gasteiger partial charge in [0.25, 0.3) is 0 Å². The Morgan fingerprint density at radius 3 is 1.93 bits per heavy atom. The molecule has 0 unspecified atom stereocenters. The molecule has 42 heavy (non-hydrogen) atoms. The maximum atomic E-state index is 2.38. The van der Waals surface area contributed by atoms with Gasteiger partial charge in [0.15, 0.2) is 0 Å². The van der Waals surface area contributed by atoms with E-state index in [1.54, 1.807) is 0 Å². The van der Waals surface area contributed by atoms with Crippen LogP contribution >= 0.6 is 23.1 Å². The van der Waals surface area contributed by atoms with Gasteiger partial charge in [-0.1, -0.05) is 121 Å². The van der Waals surface area contributed by atoms with Crippen molar-refractivity contribution in [3.05, 3.63) is 146 Å². The lowest BCUT2D eigenvalue weighted by molar-refractivity contribution is 1.39. The summed E-state index contributed by atoms with van der Waals surface area (Å²) in [6, 6.07) is 53.7. The van der Waals surface area contributed by atoms with Crippen molar-refractivity contribution in [2.24, 2.45) is 0 Å². The highest BCUT2D eigenvalue weighted by Gasteiger charge is 2.19. The molecule has 8 aromatic rings. The van der Waals surface area contributed by atoms with Gasteiger partial charge < -0.3 is 0 Å². The zero-order valence-electron chi connectivity index (χ0n) is 22.7. The zero-order valence-corrected chi connectivity index (χ0v) is 24.3. The summed E-state index contributed by atoms with van der Waals surface area (Å²) >= 11 is 3.75. The van der Waals surface area contributed by atoms with Crippen LogP contribution in [0, 0.1) is 0 Å². The lowest BCUT2D eigenvalue weighted by atomic mass is 9.93. The van der Waals surface area contributed by atoms with Crippen molar-refractivity contribution in [3.63, 3.8) is 0 Å². The van der Waals surface area contributed by atoms with Crippen LogP contribution in [0.5, 0.6) is 0 Å². The first-order valence-electron chi connectivity index (χ1n) is 14.3. The summed E-state index contributed by atoms with van der Waals surface area (Å²) in [6.45, 7) is 0. The third kappa shape index (κ3) is 3.76. The highest BCUT2D eigenvalue weighted by atomic mass is 32.2. The number of benzene rings is 7. The maximum Gasteiger partial charge on any atom is 0.0361 e. The van der Waals surface area contributed by atoms with Crippen molar-refractivity contribution >= 4 is 54.0 Å². The average Bonchev–Trinajstić information content (AvgIpc) is 3.44. The molecule has 0 aliphatic carbocycles. The summed E-state index contributed by atoms with van der Waals surface area (Å²) in [4.78, 5) is 2.67. The predicted octanol–water partition coefficient (Wildman–Crippen LogP) is 12.3.